The number of carbonyl (C=O) groups is 1. The molecule has 1 aromatic heterocycles. The van der Waals surface area contributed by atoms with Gasteiger partial charge in [0.2, 0.25) is 0 Å². The van der Waals surface area contributed by atoms with Gasteiger partial charge in [-0.05, 0) is 42.7 Å². The Labute approximate surface area is 159 Å². The number of nitrogens with zero attached hydrogens (tertiary/aromatic N) is 1. The Kier molecular flexibility index (Phi) is 6.12. The molecule has 0 amide bonds. The van der Waals surface area contributed by atoms with Crippen LogP contribution >= 0.6 is 11.8 Å². The molecule has 0 radical (unpaired) electrons. The number of ether oxygens (including phenoxy) is 2. The highest BCUT2D eigenvalue weighted by atomic mass is 32.2. The van der Waals surface area contributed by atoms with Gasteiger partial charge >= 0.3 is 5.97 Å². The number of hydrogen-bond donors (Lipinski definition) is 1. The van der Waals surface area contributed by atoms with Crippen LogP contribution in [0.2, 0.25) is 0 Å². The predicted octanol–water partition coefficient (Wildman–Crippen LogP) is 4.67. The van der Waals surface area contributed by atoms with E-state index in [0.717, 1.165) is 34.8 Å². The van der Waals surface area contributed by atoms with Gasteiger partial charge in [0, 0.05) is 6.07 Å². The highest BCUT2D eigenvalue weighted by Crippen LogP contribution is 2.35. The zero-order valence-corrected chi connectivity index (χ0v) is 16.8. The quantitative estimate of drug-likeness (QED) is 0.586. The lowest BCUT2D eigenvalue weighted by atomic mass is 9.75. The zero-order chi connectivity index (χ0) is 18.7. The van der Waals surface area contributed by atoms with Crippen LogP contribution in [0.25, 0.3) is 11.0 Å². The van der Waals surface area contributed by atoms with E-state index in [4.69, 9.17) is 9.47 Å². The third-order valence-electron chi connectivity index (χ3n) is 5.24. The molecule has 142 valence electrons. The van der Waals surface area contributed by atoms with Crippen molar-refractivity contribution in [1.82, 2.24) is 9.97 Å². The molecule has 0 aliphatic heterocycles. The highest BCUT2D eigenvalue weighted by Gasteiger charge is 2.33. The maximum atomic E-state index is 12.4. The summed E-state index contributed by atoms with van der Waals surface area (Å²) in [5.41, 5.74) is 1.77. The molecule has 1 heterocycles. The van der Waals surface area contributed by atoms with E-state index >= 15 is 0 Å². The van der Waals surface area contributed by atoms with Crippen LogP contribution in [0.1, 0.15) is 40.0 Å². The van der Waals surface area contributed by atoms with E-state index < -0.39 is 0 Å². The fourth-order valence-electron chi connectivity index (χ4n) is 3.74. The molecule has 2 aromatic rings. The molecule has 3 atom stereocenters. The number of H-pyrrole nitrogens is 1. The largest absolute Gasteiger partial charge is 0.497 e. The number of nitrogens with one attached hydrogen (secondary N) is 1. The Bertz CT molecular complexity index is 759. The molecular formula is C20H28N2O3S. The lowest BCUT2D eigenvalue weighted by Gasteiger charge is -2.36. The monoisotopic (exact) mass is 376 g/mol. The van der Waals surface area contributed by atoms with Crippen LogP contribution in [-0.2, 0) is 9.53 Å². The van der Waals surface area contributed by atoms with E-state index in [2.05, 4.69) is 30.7 Å². The lowest BCUT2D eigenvalue weighted by molar-refractivity contribution is -0.152. The van der Waals surface area contributed by atoms with Gasteiger partial charge in [-0.15, -0.1) is 0 Å². The van der Waals surface area contributed by atoms with Gasteiger partial charge in [-0.3, -0.25) is 4.79 Å². The number of aromatic nitrogens is 2. The van der Waals surface area contributed by atoms with Crippen LogP contribution in [0.3, 0.4) is 0 Å². The lowest BCUT2D eigenvalue weighted by Crippen LogP contribution is -2.36. The molecule has 3 rings (SSSR count). The van der Waals surface area contributed by atoms with Crippen molar-refractivity contribution in [2.24, 2.45) is 17.8 Å². The summed E-state index contributed by atoms with van der Waals surface area (Å²) in [6.45, 7) is 6.69. The van der Waals surface area contributed by atoms with Crippen molar-refractivity contribution in [1.29, 1.82) is 0 Å². The summed E-state index contributed by atoms with van der Waals surface area (Å²) < 4.78 is 11.1. The van der Waals surface area contributed by atoms with Crippen LogP contribution in [0.4, 0.5) is 0 Å². The van der Waals surface area contributed by atoms with Crippen molar-refractivity contribution in [3.8, 4) is 5.75 Å². The fraction of sp³-hybridized carbons (Fsp3) is 0.600. The van der Waals surface area contributed by atoms with Gasteiger partial charge in [0.25, 0.3) is 0 Å². The standard InChI is InChI=1S/C20H28N2O3S/c1-12(2)15-7-5-13(3)9-18(15)25-19(23)11-26-20-21-16-8-6-14(24-4)10-17(16)22-20/h6,8,10,12-13,15,18H,5,7,9,11H2,1-4H3,(H,21,22)/t13-,15-,18-/m1/s1. The topological polar surface area (TPSA) is 64.2 Å². The van der Waals surface area contributed by atoms with E-state index in [1.54, 1.807) is 7.11 Å². The minimum absolute atomic E-state index is 0.0479. The molecule has 1 N–H and O–H groups in total. The van der Waals surface area contributed by atoms with Crippen molar-refractivity contribution in [2.75, 3.05) is 12.9 Å². The van der Waals surface area contributed by atoms with E-state index in [1.807, 2.05) is 18.2 Å². The second kappa shape index (κ2) is 8.33. The van der Waals surface area contributed by atoms with Crippen LogP contribution in [0, 0.1) is 17.8 Å². The number of benzene rings is 1. The molecule has 0 spiro atoms. The predicted molar refractivity (Wildman–Crippen MR) is 105 cm³/mol. The summed E-state index contributed by atoms with van der Waals surface area (Å²) in [5, 5.41) is 0.725. The average molecular weight is 377 g/mol. The number of rotatable bonds is 6. The number of methoxy groups -OCH3 is 1. The number of thioether (sulfide) groups is 1. The molecule has 5 nitrogen and oxygen atoms in total. The third-order valence-corrected chi connectivity index (χ3v) is 6.09. The highest BCUT2D eigenvalue weighted by molar-refractivity contribution is 7.99. The molecule has 1 fully saturated rings. The van der Waals surface area contributed by atoms with Gasteiger partial charge in [0.1, 0.15) is 11.9 Å². The molecule has 6 heteroatoms. The van der Waals surface area contributed by atoms with Gasteiger partial charge in [0.05, 0.1) is 23.9 Å². The summed E-state index contributed by atoms with van der Waals surface area (Å²) in [5.74, 6) is 2.53. The van der Waals surface area contributed by atoms with Crippen LogP contribution in [0.5, 0.6) is 5.75 Å². The Balaban J connectivity index is 1.58. The Morgan fingerprint density at radius 1 is 1.38 bits per heavy atom. The van der Waals surface area contributed by atoms with Crippen LogP contribution in [-0.4, -0.2) is 34.9 Å². The fourth-order valence-corrected chi connectivity index (χ4v) is 4.41. The smallest absolute Gasteiger partial charge is 0.316 e. The first-order valence-corrected chi connectivity index (χ1v) is 10.3. The van der Waals surface area contributed by atoms with Crippen LogP contribution < -0.4 is 4.74 Å². The normalized spacial score (nSPS) is 23.3. The van der Waals surface area contributed by atoms with E-state index in [1.165, 1.54) is 18.2 Å². The molecule has 0 saturated heterocycles. The van der Waals surface area contributed by atoms with E-state index in [9.17, 15) is 4.79 Å². The number of aromatic amines is 1. The number of esters is 1. The summed E-state index contributed by atoms with van der Waals surface area (Å²) in [4.78, 5) is 20.1. The molecule has 1 aliphatic rings. The number of carbonyl (C=O) groups excluding carboxylic acids is 1. The van der Waals surface area contributed by atoms with Gasteiger partial charge in [0.15, 0.2) is 5.16 Å². The molecule has 0 unspecified atom stereocenters. The van der Waals surface area contributed by atoms with Crippen molar-refractivity contribution in [3.05, 3.63) is 18.2 Å². The molecular weight excluding hydrogens is 348 g/mol. The van der Waals surface area contributed by atoms with Crippen molar-refractivity contribution in [3.63, 3.8) is 0 Å². The Hall–Kier alpha value is -1.69. The summed E-state index contributed by atoms with van der Waals surface area (Å²) >= 11 is 1.38. The van der Waals surface area contributed by atoms with Gasteiger partial charge < -0.3 is 14.5 Å². The van der Waals surface area contributed by atoms with Crippen LogP contribution in [0.15, 0.2) is 23.4 Å². The van der Waals surface area contributed by atoms with E-state index in [0.29, 0.717) is 17.8 Å². The molecule has 1 aromatic carbocycles. The summed E-state index contributed by atoms with van der Waals surface area (Å²) in [7, 11) is 1.64. The molecule has 26 heavy (non-hydrogen) atoms. The molecule has 0 bridgehead atoms. The van der Waals surface area contributed by atoms with Gasteiger partial charge in [-0.2, -0.15) is 0 Å². The summed E-state index contributed by atoms with van der Waals surface area (Å²) in [6, 6.07) is 5.69. The van der Waals surface area contributed by atoms with E-state index in [-0.39, 0.29) is 17.8 Å². The molecule has 1 saturated carbocycles. The SMILES string of the molecule is COc1ccc2nc(SCC(=O)O[C@@H]3C[C@H](C)CC[C@@H]3C(C)C)[nH]c2c1. The summed E-state index contributed by atoms with van der Waals surface area (Å²) in [6.07, 6.45) is 3.40. The third kappa shape index (κ3) is 4.53. The number of imidazole rings is 1. The Morgan fingerprint density at radius 2 is 2.19 bits per heavy atom. The second-order valence-corrected chi connectivity index (χ2v) is 8.53. The first-order chi connectivity index (χ1) is 12.5. The first-order valence-electron chi connectivity index (χ1n) is 9.32. The second-order valence-electron chi connectivity index (χ2n) is 7.57. The number of hydrogen-bond acceptors (Lipinski definition) is 5. The van der Waals surface area contributed by atoms with Crippen molar-refractivity contribution in [2.45, 2.75) is 51.3 Å². The van der Waals surface area contributed by atoms with Crippen molar-refractivity contribution >= 4 is 28.8 Å². The van der Waals surface area contributed by atoms with Gasteiger partial charge in [-0.1, -0.05) is 39.0 Å². The zero-order valence-electron chi connectivity index (χ0n) is 16.0. The first kappa shape index (κ1) is 19.1. The van der Waals surface area contributed by atoms with Gasteiger partial charge in [-0.25, -0.2) is 4.98 Å². The maximum Gasteiger partial charge on any atom is 0.316 e. The minimum atomic E-state index is -0.155. The molecule has 1 aliphatic carbocycles. The Morgan fingerprint density at radius 3 is 2.92 bits per heavy atom. The minimum Gasteiger partial charge on any atom is -0.497 e. The number of fused-ring (bicyclic) bond motifs is 1. The van der Waals surface area contributed by atoms with Crippen molar-refractivity contribution < 1.29 is 14.3 Å². The maximum absolute atomic E-state index is 12.4. The average Bonchev–Trinajstić information content (AvgIpc) is 3.01.